The van der Waals surface area contributed by atoms with Crippen molar-refractivity contribution in [2.75, 3.05) is 0 Å². The summed E-state index contributed by atoms with van der Waals surface area (Å²) in [7, 11) is 0. The first kappa shape index (κ1) is 21.2. The van der Waals surface area contributed by atoms with E-state index in [1.54, 1.807) is 0 Å². The number of aromatic nitrogens is 3. The van der Waals surface area contributed by atoms with Crippen molar-refractivity contribution in [3.8, 4) is 0 Å². The van der Waals surface area contributed by atoms with Gasteiger partial charge in [-0.2, -0.15) is 0 Å². The van der Waals surface area contributed by atoms with Gasteiger partial charge in [0.05, 0.1) is 23.1 Å². The Hall–Kier alpha value is -3.68. The summed E-state index contributed by atoms with van der Waals surface area (Å²) >= 11 is 0. The number of nitrogens with one attached hydrogen (secondary N) is 3. The summed E-state index contributed by atoms with van der Waals surface area (Å²) in [5, 5.41) is 5.81. The van der Waals surface area contributed by atoms with E-state index in [-0.39, 0.29) is 17.7 Å². The molecule has 1 aliphatic rings. The third kappa shape index (κ3) is 4.46. The van der Waals surface area contributed by atoms with Crippen molar-refractivity contribution in [2.45, 2.75) is 52.4 Å². The molecule has 0 aliphatic heterocycles. The standard InChI is InChI=1S/C25H27N5O3/c1-25(2,3)12-20-22-17(11-19(14-8-9-14)27-24(22)33-30-20)23(32)29-28-21(31)10-15-13-26-18-7-5-4-6-16(15)18/h4-7,11,13-14,26H,8-10,12H2,1-3H3,(H,28,31)(H,29,32). The van der Waals surface area contributed by atoms with Gasteiger partial charge in [-0.15, -0.1) is 0 Å². The molecule has 8 nitrogen and oxygen atoms in total. The summed E-state index contributed by atoms with van der Waals surface area (Å²) in [5.41, 5.74) is 9.24. The molecule has 0 unspecified atom stereocenters. The van der Waals surface area contributed by atoms with Crippen LogP contribution in [0.4, 0.5) is 0 Å². The summed E-state index contributed by atoms with van der Waals surface area (Å²) in [5.74, 6) is -0.371. The summed E-state index contributed by atoms with van der Waals surface area (Å²) in [6.07, 6.45) is 4.69. The van der Waals surface area contributed by atoms with Crippen LogP contribution < -0.4 is 10.9 Å². The Morgan fingerprint density at radius 1 is 1.18 bits per heavy atom. The molecule has 1 aromatic carbocycles. The van der Waals surface area contributed by atoms with Crippen molar-refractivity contribution in [3.63, 3.8) is 0 Å². The number of hydrazine groups is 1. The van der Waals surface area contributed by atoms with Crippen LogP contribution in [0.5, 0.6) is 0 Å². The van der Waals surface area contributed by atoms with Gasteiger partial charge in [0.2, 0.25) is 5.91 Å². The number of nitrogens with zero attached hydrogens (tertiary/aromatic N) is 2. The average Bonchev–Trinajstić information content (AvgIpc) is 3.45. The zero-order valence-corrected chi connectivity index (χ0v) is 19.0. The summed E-state index contributed by atoms with van der Waals surface area (Å²) < 4.78 is 5.51. The Bertz CT molecular complexity index is 1360. The lowest BCUT2D eigenvalue weighted by molar-refractivity contribution is -0.121. The number of carbonyl (C=O) groups is 2. The van der Waals surface area contributed by atoms with E-state index in [0.29, 0.717) is 34.7 Å². The number of amides is 2. The van der Waals surface area contributed by atoms with Crippen molar-refractivity contribution in [1.29, 1.82) is 0 Å². The topological polar surface area (TPSA) is 113 Å². The molecule has 1 aliphatic carbocycles. The molecule has 0 saturated heterocycles. The van der Waals surface area contributed by atoms with Gasteiger partial charge in [0.1, 0.15) is 0 Å². The van der Waals surface area contributed by atoms with Crippen LogP contribution in [0.25, 0.3) is 22.0 Å². The molecule has 5 rings (SSSR count). The highest BCUT2D eigenvalue weighted by molar-refractivity contribution is 6.06. The predicted molar refractivity (Wildman–Crippen MR) is 125 cm³/mol. The van der Waals surface area contributed by atoms with Crippen LogP contribution in [0.15, 0.2) is 41.1 Å². The van der Waals surface area contributed by atoms with Crippen LogP contribution in [0.1, 0.15) is 66.8 Å². The first-order valence-electron chi connectivity index (χ1n) is 11.2. The maximum Gasteiger partial charge on any atom is 0.270 e. The maximum absolute atomic E-state index is 13.2. The molecular formula is C25H27N5O3. The fourth-order valence-electron chi connectivity index (χ4n) is 4.11. The molecule has 0 spiro atoms. The van der Waals surface area contributed by atoms with Crippen molar-refractivity contribution in [3.05, 3.63) is 59.0 Å². The number of hydrogen-bond donors (Lipinski definition) is 3. The molecule has 0 bridgehead atoms. The molecule has 1 saturated carbocycles. The van der Waals surface area contributed by atoms with E-state index < -0.39 is 5.91 Å². The van der Waals surface area contributed by atoms with Crippen molar-refractivity contribution < 1.29 is 14.1 Å². The Kier molecular flexibility index (Phi) is 5.15. The zero-order chi connectivity index (χ0) is 23.2. The lowest BCUT2D eigenvalue weighted by Gasteiger charge is -2.16. The second-order valence-electron chi connectivity index (χ2n) is 9.95. The molecule has 4 aromatic rings. The predicted octanol–water partition coefficient (Wildman–Crippen LogP) is 4.17. The fraction of sp³-hybridized carbons (Fsp3) is 0.360. The lowest BCUT2D eigenvalue weighted by atomic mass is 9.89. The van der Waals surface area contributed by atoms with Crippen LogP contribution >= 0.6 is 0 Å². The molecule has 170 valence electrons. The van der Waals surface area contributed by atoms with Crippen LogP contribution in [0, 0.1) is 5.41 Å². The minimum absolute atomic E-state index is 0.0414. The zero-order valence-electron chi connectivity index (χ0n) is 19.0. The first-order valence-corrected chi connectivity index (χ1v) is 11.2. The molecule has 3 N–H and O–H groups in total. The van der Waals surface area contributed by atoms with E-state index in [9.17, 15) is 9.59 Å². The van der Waals surface area contributed by atoms with Gasteiger partial charge < -0.3 is 9.51 Å². The number of hydrogen-bond acceptors (Lipinski definition) is 5. The second kappa shape index (κ2) is 8.03. The van der Waals surface area contributed by atoms with Gasteiger partial charge in [0.25, 0.3) is 11.6 Å². The minimum Gasteiger partial charge on any atom is -0.361 e. The van der Waals surface area contributed by atoms with Gasteiger partial charge in [0.15, 0.2) is 0 Å². The highest BCUT2D eigenvalue weighted by Crippen LogP contribution is 2.40. The molecule has 1 fully saturated rings. The molecule has 3 heterocycles. The molecule has 3 aromatic heterocycles. The minimum atomic E-state index is -0.407. The van der Waals surface area contributed by atoms with Gasteiger partial charge in [-0.25, -0.2) is 4.98 Å². The van der Waals surface area contributed by atoms with Gasteiger partial charge in [0, 0.05) is 28.7 Å². The third-order valence-corrected chi connectivity index (χ3v) is 5.82. The quantitative estimate of drug-likeness (QED) is 0.399. The van der Waals surface area contributed by atoms with Gasteiger partial charge >= 0.3 is 0 Å². The van der Waals surface area contributed by atoms with Crippen LogP contribution in [0.2, 0.25) is 0 Å². The number of carbonyl (C=O) groups excluding carboxylic acids is 2. The Morgan fingerprint density at radius 2 is 1.97 bits per heavy atom. The Balaban J connectivity index is 1.36. The van der Waals surface area contributed by atoms with Crippen molar-refractivity contribution in [2.24, 2.45) is 5.41 Å². The van der Waals surface area contributed by atoms with E-state index in [4.69, 9.17) is 4.52 Å². The largest absolute Gasteiger partial charge is 0.361 e. The molecule has 0 atom stereocenters. The van der Waals surface area contributed by atoms with E-state index in [1.807, 2.05) is 36.5 Å². The number of benzene rings is 1. The number of aromatic amines is 1. The number of H-pyrrole nitrogens is 1. The lowest BCUT2D eigenvalue weighted by Crippen LogP contribution is -2.42. The summed E-state index contributed by atoms with van der Waals surface area (Å²) in [6, 6.07) is 9.60. The first-order chi connectivity index (χ1) is 15.8. The molecule has 33 heavy (non-hydrogen) atoms. The SMILES string of the molecule is CC(C)(C)Cc1noc2nc(C3CC3)cc(C(=O)NNC(=O)Cc3c[nH]c4ccccc34)c12. The molecule has 0 radical (unpaired) electrons. The maximum atomic E-state index is 13.2. The average molecular weight is 446 g/mol. The van der Waals surface area contributed by atoms with Crippen LogP contribution in [-0.2, 0) is 17.6 Å². The third-order valence-electron chi connectivity index (χ3n) is 5.82. The van der Waals surface area contributed by atoms with Crippen molar-refractivity contribution >= 4 is 33.8 Å². The summed E-state index contributed by atoms with van der Waals surface area (Å²) in [6.45, 7) is 6.30. The number of pyridine rings is 1. The molecule has 8 heteroatoms. The molecular weight excluding hydrogens is 418 g/mol. The van der Waals surface area contributed by atoms with E-state index in [1.165, 1.54) is 0 Å². The number of para-hydroxylation sites is 1. The smallest absolute Gasteiger partial charge is 0.270 e. The fourth-order valence-corrected chi connectivity index (χ4v) is 4.11. The monoisotopic (exact) mass is 445 g/mol. The Labute approximate surface area is 191 Å². The van der Waals surface area contributed by atoms with E-state index in [0.717, 1.165) is 35.0 Å². The van der Waals surface area contributed by atoms with Gasteiger partial charge in [-0.05, 0) is 42.4 Å². The van der Waals surface area contributed by atoms with E-state index in [2.05, 4.69) is 46.7 Å². The molecule has 2 amide bonds. The number of rotatable bonds is 5. The van der Waals surface area contributed by atoms with E-state index >= 15 is 0 Å². The second-order valence-corrected chi connectivity index (χ2v) is 9.95. The normalized spacial score (nSPS) is 14.0. The van der Waals surface area contributed by atoms with Gasteiger partial charge in [-0.1, -0.05) is 44.1 Å². The van der Waals surface area contributed by atoms with Crippen LogP contribution in [0.3, 0.4) is 0 Å². The van der Waals surface area contributed by atoms with Crippen molar-refractivity contribution in [1.82, 2.24) is 26.0 Å². The number of fused-ring (bicyclic) bond motifs is 2. The van der Waals surface area contributed by atoms with Gasteiger partial charge in [-0.3, -0.25) is 20.4 Å². The summed E-state index contributed by atoms with van der Waals surface area (Å²) in [4.78, 5) is 33.5. The highest BCUT2D eigenvalue weighted by Gasteiger charge is 2.30. The van der Waals surface area contributed by atoms with Crippen LogP contribution in [-0.4, -0.2) is 26.9 Å². The Morgan fingerprint density at radius 3 is 2.73 bits per heavy atom. The highest BCUT2D eigenvalue weighted by atomic mass is 16.5.